The minimum absolute atomic E-state index is 0.0639. The molecule has 2 aromatic rings. The Kier molecular flexibility index (Phi) is 4.89. The number of hydrogen-bond acceptors (Lipinski definition) is 6. The van der Waals surface area contributed by atoms with Crippen molar-refractivity contribution in [3.63, 3.8) is 0 Å². The molecule has 0 radical (unpaired) electrons. The fraction of sp³-hybridized carbons (Fsp3) is 0.462. The summed E-state index contributed by atoms with van der Waals surface area (Å²) >= 11 is 1.28. The molecule has 0 spiro atoms. The average molecular weight is 309 g/mol. The van der Waals surface area contributed by atoms with E-state index >= 15 is 0 Å². The highest BCUT2D eigenvalue weighted by Gasteiger charge is 2.17. The summed E-state index contributed by atoms with van der Waals surface area (Å²) in [7, 11) is 0. The van der Waals surface area contributed by atoms with E-state index in [4.69, 9.17) is 10.3 Å². The van der Waals surface area contributed by atoms with Gasteiger partial charge >= 0.3 is 0 Å². The normalized spacial score (nSPS) is 10.8. The quantitative estimate of drug-likeness (QED) is 0.643. The maximum atomic E-state index is 12.0. The Morgan fingerprint density at radius 2 is 2.14 bits per heavy atom. The number of aryl methyl sites for hydroxylation is 1. The average Bonchev–Trinajstić information content (AvgIpc) is 3.04. The Bertz CT molecular complexity index is 618. The van der Waals surface area contributed by atoms with Crippen LogP contribution in [0.3, 0.4) is 0 Å². The number of furan rings is 1. The van der Waals surface area contributed by atoms with Crippen LogP contribution in [0.25, 0.3) is 11.4 Å². The van der Waals surface area contributed by atoms with E-state index < -0.39 is 0 Å². The van der Waals surface area contributed by atoms with Crippen molar-refractivity contribution in [1.29, 1.82) is 0 Å². The first-order valence-corrected chi connectivity index (χ1v) is 7.72. The largest absolute Gasteiger partial charge is 0.469 e. The molecule has 0 aliphatic rings. The van der Waals surface area contributed by atoms with Crippen molar-refractivity contribution in [3.8, 4) is 11.4 Å². The second-order valence-corrected chi connectivity index (χ2v) is 5.36. The molecule has 0 bridgehead atoms. The molecule has 2 heterocycles. The molecule has 1 amide bonds. The van der Waals surface area contributed by atoms with Crippen LogP contribution in [0.4, 0.5) is 0 Å². The van der Waals surface area contributed by atoms with Crippen LogP contribution in [0.15, 0.2) is 21.9 Å². The van der Waals surface area contributed by atoms with Crippen LogP contribution in [0.5, 0.6) is 0 Å². The number of carbonyl (C=O) groups excluding carboxylic acids is 1. The van der Waals surface area contributed by atoms with Crippen molar-refractivity contribution in [1.82, 2.24) is 19.8 Å². The number of thioether (sulfide) groups is 1. The van der Waals surface area contributed by atoms with E-state index in [0.29, 0.717) is 29.8 Å². The SMILES string of the molecule is CCN(CC)C(=O)CSc1nnc(-c2ccoc2C)n1N. The summed E-state index contributed by atoms with van der Waals surface area (Å²) in [6.45, 7) is 7.14. The molecule has 0 aromatic carbocycles. The third kappa shape index (κ3) is 3.21. The van der Waals surface area contributed by atoms with Crippen LogP contribution in [0, 0.1) is 6.92 Å². The fourth-order valence-corrected chi connectivity index (χ4v) is 2.73. The number of nitrogens with zero attached hydrogens (tertiary/aromatic N) is 4. The van der Waals surface area contributed by atoms with Gasteiger partial charge in [-0.05, 0) is 26.8 Å². The lowest BCUT2D eigenvalue weighted by molar-refractivity contribution is -0.127. The van der Waals surface area contributed by atoms with Gasteiger partial charge in [-0.1, -0.05) is 11.8 Å². The Morgan fingerprint density at radius 1 is 1.43 bits per heavy atom. The van der Waals surface area contributed by atoms with E-state index in [-0.39, 0.29) is 5.91 Å². The molecule has 8 heteroatoms. The Labute approximate surface area is 127 Å². The van der Waals surface area contributed by atoms with Crippen molar-refractivity contribution in [3.05, 3.63) is 18.1 Å². The van der Waals surface area contributed by atoms with E-state index in [1.807, 2.05) is 20.8 Å². The number of nitrogens with two attached hydrogens (primary N) is 1. The zero-order valence-corrected chi connectivity index (χ0v) is 13.2. The highest BCUT2D eigenvalue weighted by Crippen LogP contribution is 2.24. The van der Waals surface area contributed by atoms with Gasteiger partial charge in [0, 0.05) is 13.1 Å². The summed E-state index contributed by atoms with van der Waals surface area (Å²) in [6.07, 6.45) is 1.58. The lowest BCUT2D eigenvalue weighted by Gasteiger charge is -2.17. The highest BCUT2D eigenvalue weighted by molar-refractivity contribution is 7.99. The van der Waals surface area contributed by atoms with Crippen molar-refractivity contribution >= 4 is 17.7 Å². The number of aromatic nitrogens is 3. The molecule has 0 fully saturated rings. The highest BCUT2D eigenvalue weighted by atomic mass is 32.2. The summed E-state index contributed by atoms with van der Waals surface area (Å²) in [5.41, 5.74) is 0.798. The van der Waals surface area contributed by atoms with Gasteiger partial charge in [-0.25, -0.2) is 4.68 Å². The molecule has 0 saturated heterocycles. The maximum Gasteiger partial charge on any atom is 0.233 e. The summed E-state index contributed by atoms with van der Waals surface area (Å²) in [5.74, 6) is 7.61. The summed E-state index contributed by atoms with van der Waals surface area (Å²) in [5, 5.41) is 8.60. The van der Waals surface area contributed by atoms with Crippen molar-refractivity contribution in [2.75, 3.05) is 24.7 Å². The predicted molar refractivity (Wildman–Crippen MR) is 81.3 cm³/mol. The summed E-state index contributed by atoms with van der Waals surface area (Å²) in [6, 6.07) is 1.79. The monoisotopic (exact) mass is 309 g/mol. The zero-order chi connectivity index (χ0) is 15.4. The van der Waals surface area contributed by atoms with Gasteiger partial charge in [-0.15, -0.1) is 10.2 Å². The van der Waals surface area contributed by atoms with Crippen molar-refractivity contribution in [2.45, 2.75) is 25.9 Å². The Balaban J connectivity index is 2.08. The van der Waals surface area contributed by atoms with Crippen LogP contribution in [0.1, 0.15) is 19.6 Å². The van der Waals surface area contributed by atoms with E-state index in [1.54, 1.807) is 17.2 Å². The molecule has 0 aliphatic heterocycles. The fourth-order valence-electron chi connectivity index (χ4n) is 1.97. The van der Waals surface area contributed by atoms with Crippen LogP contribution >= 0.6 is 11.8 Å². The summed E-state index contributed by atoms with van der Waals surface area (Å²) in [4.78, 5) is 13.7. The molecule has 0 saturated carbocycles. The number of nitrogen functional groups attached to an aromatic ring is 1. The van der Waals surface area contributed by atoms with Crippen LogP contribution in [0.2, 0.25) is 0 Å². The topological polar surface area (TPSA) is 90.2 Å². The maximum absolute atomic E-state index is 12.0. The zero-order valence-electron chi connectivity index (χ0n) is 12.4. The number of hydrogen-bond donors (Lipinski definition) is 1. The van der Waals surface area contributed by atoms with Gasteiger partial charge in [0.05, 0.1) is 17.6 Å². The van der Waals surface area contributed by atoms with E-state index in [1.165, 1.54) is 16.4 Å². The molecule has 114 valence electrons. The third-order valence-electron chi connectivity index (χ3n) is 3.21. The third-order valence-corrected chi connectivity index (χ3v) is 4.13. The van der Waals surface area contributed by atoms with Crippen molar-refractivity contribution in [2.24, 2.45) is 0 Å². The molecule has 0 aliphatic carbocycles. The van der Waals surface area contributed by atoms with Crippen LogP contribution in [-0.4, -0.2) is 44.5 Å². The first-order chi connectivity index (χ1) is 10.1. The molecular weight excluding hydrogens is 290 g/mol. The van der Waals surface area contributed by atoms with Gasteiger partial charge in [0.1, 0.15) is 5.76 Å². The Hall–Kier alpha value is -1.96. The first kappa shape index (κ1) is 15.4. The van der Waals surface area contributed by atoms with Gasteiger partial charge < -0.3 is 15.2 Å². The van der Waals surface area contributed by atoms with Crippen molar-refractivity contribution < 1.29 is 9.21 Å². The molecule has 0 atom stereocenters. The molecule has 2 aromatic heterocycles. The summed E-state index contributed by atoms with van der Waals surface area (Å²) < 4.78 is 6.62. The second kappa shape index (κ2) is 6.66. The van der Waals surface area contributed by atoms with Gasteiger partial charge in [0.2, 0.25) is 11.1 Å². The number of rotatable bonds is 6. The lowest BCUT2D eigenvalue weighted by atomic mass is 10.2. The molecular formula is C13H19N5O2S. The minimum atomic E-state index is 0.0639. The molecule has 21 heavy (non-hydrogen) atoms. The smallest absolute Gasteiger partial charge is 0.233 e. The predicted octanol–water partition coefficient (Wildman–Crippen LogP) is 1.52. The number of amides is 1. The molecule has 2 N–H and O–H groups in total. The van der Waals surface area contributed by atoms with Gasteiger partial charge in [-0.2, -0.15) is 0 Å². The van der Waals surface area contributed by atoms with Gasteiger partial charge in [0.15, 0.2) is 5.82 Å². The molecule has 7 nitrogen and oxygen atoms in total. The van der Waals surface area contributed by atoms with Gasteiger partial charge in [-0.3, -0.25) is 4.79 Å². The van der Waals surface area contributed by atoms with E-state index in [9.17, 15) is 4.79 Å². The van der Waals surface area contributed by atoms with Crippen LogP contribution < -0.4 is 5.84 Å². The van der Waals surface area contributed by atoms with Crippen LogP contribution in [-0.2, 0) is 4.79 Å². The molecule has 2 rings (SSSR count). The van der Waals surface area contributed by atoms with E-state index in [2.05, 4.69) is 10.2 Å². The Morgan fingerprint density at radius 3 is 2.71 bits per heavy atom. The first-order valence-electron chi connectivity index (χ1n) is 6.74. The second-order valence-electron chi connectivity index (χ2n) is 4.42. The van der Waals surface area contributed by atoms with Gasteiger partial charge in [0.25, 0.3) is 0 Å². The molecule has 0 unspecified atom stereocenters. The number of carbonyl (C=O) groups is 1. The minimum Gasteiger partial charge on any atom is -0.469 e. The standard InChI is InChI=1S/C13H19N5O2S/c1-4-17(5-2)11(19)8-21-13-16-15-12(18(13)14)10-6-7-20-9(10)3/h6-7H,4-5,8,14H2,1-3H3. The lowest BCUT2D eigenvalue weighted by Crippen LogP contribution is -2.32. The van der Waals surface area contributed by atoms with E-state index in [0.717, 1.165) is 11.3 Å².